The van der Waals surface area contributed by atoms with Crippen LogP contribution in [-0.2, 0) is 54.8 Å². The van der Waals surface area contributed by atoms with Crippen molar-refractivity contribution in [3.8, 4) is 11.5 Å². The second kappa shape index (κ2) is 11.7. The van der Waals surface area contributed by atoms with Crippen molar-refractivity contribution in [2.24, 2.45) is 11.8 Å². The van der Waals surface area contributed by atoms with Gasteiger partial charge in [0.05, 0.1) is 11.0 Å². The number of hydrogen-bond donors (Lipinski definition) is 3. The largest absolute Gasteiger partial charge is 0.504 e. The summed E-state index contributed by atoms with van der Waals surface area (Å²) in [4.78, 5) is 63.5. The van der Waals surface area contributed by atoms with Gasteiger partial charge in [0.15, 0.2) is 17.6 Å². The number of hydrogen-bond acceptors (Lipinski definition) is 12. The molecule has 0 radical (unpaired) electrons. The van der Waals surface area contributed by atoms with Crippen LogP contribution in [0.15, 0.2) is 54.3 Å². The molecule has 8 atom stereocenters. The Morgan fingerprint density at radius 3 is 2.23 bits per heavy atom. The molecular formula is C34H34O13. The van der Waals surface area contributed by atoms with Crippen LogP contribution in [0.4, 0.5) is 0 Å². The van der Waals surface area contributed by atoms with Gasteiger partial charge < -0.3 is 39.0 Å². The lowest BCUT2D eigenvalue weighted by atomic mass is 9.45. The number of ether oxygens (including phenoxy) is 5. The number of aliphatic hydroxyl groups is 1. The van der Waals surface area contributed by atoms with Gasteiger partial charge >= 0.3 is 29.8 Å². The van der Waals surface area contributed by atoms with Gasteiger partial charge in [-0.1, -0.05) is 43.3 Å². The Bertz CT molecular complexity index is 1680. The summed E-state index contributed by atoms with van der Waals surface area (Å²) in [5.74, 6) is -6.49. The molecular weight excluding hydrogens is 616 g/mol. The predicted octanol–water partition coefficient (Wildman–Crippen LogP) is 2.79. The van der Waals surface area contributed by atoms with E-state index in [1.54, 1.807) is 6.07 Å². The molecule has 248 valence electrons. The molecule has 2 bridgehead atoms. The van der Waals surface area contributed by atoms with E-state index in [9.17, 15) is 39.3 Å². The van der Waals surface area contributed by atoms with Gasteiger partial charge in [-0.3, -0.25) is 9.59 Å². The van der Waals surface area contributed by atoms with Crippen molar-refractivity contribution in [1.82, 2.24) is 0 Å². The Labute approximate surface area is 269 Å². The Kier molecular flexibility index (Phi) is 7.99. The second-order valence-electron chi connectivity index (χ2n) is 12.5. The first-order valence-corrected chi connectivity index (χ1v) is 15.3. The van der Waals surface area contributed by atoms with Crippen LogP contribution in [0.2, 0.25) is 0 Å². The normalized spacial score (nSPS) is 28.3. The van der Waals surface area contributed by atoms with Gasteiger partial charge in [0.2, 0.25) is 18.3 Å². The molecule has 0 saturated heterocycles. The van der Waals surface area contributed by atoms with Gasteiger partial charge in [0.25, 0.3) is 0 Å². The van der Waals surface area contributed by atoms with Crippen LogP contribution in [0.5, 0.6) is 11.5 Å². The SMILES string of the molecule is CC(=O)O[C@@H](C(=O)OC1=CC[C@@]2(O)[C@H]3Cc4ccc(O)c5c4[C@@]2(CCC3C)[C@H]1O5)[C@@H](OC(C)=O)C(=O)O[C@@H](C(=O)O)c1ccccc1. The highest BCUT2D eigenvalue weighted by Gasteiger charge is 2.72. The summed E-state index contributed by atoms with van der Waals surface area (Å²) in [6.45, 7) is 3.96. The lowest BCUT2D eigenvalue weighted by Gasteiger charge is -2.61. The number of benzene rings is 2. The summed E-state index contributed by atoms with van der Waals surface area (Å²) in [5.41, 5.74) is -0.718. The van der Waals surface area contributed by atoms with Gasteiger partial charge in [-0.15, -0.1) is 0 Å². The van der Waals surface area contributed by atoms with Crippen LogP contribution in [0, 0.1) is 11.8 Å². The van der Waals surface area contributed by atoms with Crippen LogP contribution in [-0.4, -0.2) is 69.1 Å². The third kappa shape index (κ3) is 5.09. The lowest BCUT2D eigenvalue weighted by Crippen LogP contribution is -2.69. The third-order valence-electron chi connectivity index (χ3n) is 9.84. The number of carboxylic acid groups (broad SMARTS) is 1. The Hall–Kier alpha value is -4.91. The van der Waals surface area contributed by atoms with E-state index in [0.29, 0.717) is 18.4 Å². The summed E-state index contributed by atoms with van der Waals surface area (Å²) in [5, 5.41) is 32.9. The summed E-state index contributed by atoms with van der Waals surface area (Å²) >= 11 is 0. The van der Waals surface area contributed by atoms with E-state index >= 15 is 0 Å². The minimum atomic E-state index is -2.25. The number of aliphatic carboxylic acids is 1. The van der Waals surface area contributed by atoms with E-state index in [0.717, 1.165) is 25.8 Å². The van der Waals surface area contributed by atoms with Gasteiger partial charge in [-0.05, 0) is 55.2 Å². The van der Waals surface area contributed by atoms with Crippen LogP contribution < -0.4 is 4.74 Å². The number of aromatic hydroxyl groups is 1. The molecule has 0 amide bonds. The average molecular weight is 651 g/mol. The number of carbonyl (C=O) groups is 5. The molecule has 1 unspecified atom stereocenters. The van der Waals surface area contributed by atoms with Crippen molar-refractivity contribution in [3.05, 3.63) is 71.0 Å². The topological polar surface area (TPSA) is 192 Å². The lowest BCUT2D eigenvalue weighted by molar-refractivity contribution is -0.195. The Balaban J connectivity index is 1.34. The molecule has 47 heavy (non-hydrogen) atoms. The molecule has 0 aromatic heterocycles. The molecule has 3 aliphatic carbocycles. The molecule has 1 fully saturated rings. The van der Waals surface area contributed by atoms with E-state index in [-0.39, 0.29) is 41.1 Å². The first-order chi connectivity index (χ1) is 22.3. The Morgan fingerprint density at radius 2 is 1.60 bits per heavy atom. The second-order valence-corrected chi connectivity index (χ2v) is 12.5. The minimum Gasteiger partial charge on any atom is -0.504 e. The number of phenolic OH excluding ortho intramolecular Hbond substituents is 1. The van der Waals surface area contributed by atoms with Crippen molar-refractivity contribution in [2.75, 3.05) is 0 Å². The van der Waals surface area contributed by atoms with Gasteiger partial charge in [-0.2, -0.15) is 0 Å². The molecule has 13 heteroatoms. The van der Waals surface area contributed by atoms with Crippen molar-refractivity contribution in [2.45, 2.75) is 81.9 Å². The number of carboxylic acids is 1. The number of phenols is 1. The van der Waals surface area contributed by atoms with E-state index in [1.165, 1.54) is 36.4 Å². The van der Waals surface area contributed by atoms with Crippen LogP contribution >= 0.6 is 0 Å². The maximum Gasteiger partial charge on any atom is 0.357 e. The third-order valence-corrected chi connectivity index (χ3v) is 9.84. The quantitative estimate of drug-likeness (QED) is 0.265. The number of carbonyl (C=O) groups excluding carboxylic acids is 4. The first-order valence-electron chi connectivity index (χ1n) is 15.3. The smallest absolute Gasteiger partial charge is 0.357 e. The average Bonchev–Trinajstić information content (AvgIpc) is 3.38. The molecule has 6 rings (SSSR count). The van der Waals surface area contributed by atoms with E-state index in [1.807, 2.05) is 6.07 Å². The summed E-state index contributed by atoms with van der Waals surface area (Å²) in [6.07, 6.45) is -4.07. The first kappa shape index (κ1) is 32.0. The fraction of sp³-hybridized carbons (Fsp3) is 0.441. The van der Waals surface area contributed by atoms with E-state index < -0.39 is 65.3 Å². The standard InChI is InChI=1S/C34H34O13/c1-16-11-13-33-24-20-9-10-22(37)26(24)46-29(33)23(12-14-34(33,42)21(16)15-20)45-31(40)27(43-17(2)35)28(44-18(3)36)32(41)47-25(30(38)39)19-7-5-4-6-8-19/h4-10,12,16,21,25,27-29,37,42H,11,13-15H2,1-3H3,(H,38,39)/t16?,21-,25+,27+,28+,29-,33-,34+/m0/s1. The number of esters is 4. The van der Waals surface area contributed by atoms with Crippen LogP contribution in [0.25, 0.3) is 0 Å². The summed E-state index contributed by atoms with van der Waals surface area (Å²) < 4.78 is 27.5. The number of rotatable bonds is 9. The molecule has 2 aromatic carbocycles. The van der Waals surface area contributed by atoms with E-state index in [2.05, 4.69) is 6.92 Å². The fourth-order valence-electron chi connectivity index (χ4n) is 7.89. The zero-order valence-electron chi connectivity index (χ0n) is 25.8. The molecule has 2 aromatic rings. The van der Waals surface area contributed by atoms with Crippen LogP contribution in [0.3, 0.4) is 0 Å². The molecule has 1 saturated carbocycles. The predicted molar refractivity (Wildman–Crippen MR) is 158 cm³/mol. The van der Waals surface area contributed by atoms with Crippen molar-refractivity contribution in [3.63, 3.8) is 0 Å². The fourth-order valence-corrected chi connectivity index (χ4v) is 7.89. The monoisotopic (exact) mass is 650 g/mol. The van der Waals surface area contributed by atoms with Gasteiger partial charge in [0, 0.05) is 25.0 Å². The summed E-state index contributed by atoms with van der Waals surface area (Å²) in [7, 11) is 0. The molecule has 3 N–H and O–H groups in total. The highest BCUT2D eigenvalue weighted by atomic mass is 16.6. The Morgan fingerprint density at radius 1 is 0.936 bits per heavy atom. The van der Waals surface area contributed by atoms with Gasteiger partial charge in [-0.25, -0.2) is 14.4 Å². The van der Waals surface area contributed by atoms with E-state index in [4.69, 9.17) is 23.7 Å². The molecule has 1 aliphatic heterocycles. The maximum atomic E-state index is 13.8. The summed E-state index contributed by atoms with van der Waals surface area (Å²) in [6, 6.07) is 10.8. The highest BCUT2D eigenvalue weighted by molar-refractivity contribution is 5.90. The molecule has 4 aliphatic rings. The maximum absolute atomic E-state index is 13.8. The van der Waals surface area contributed by atoms with Crippen molar-refractivity contribution < 1.29 is 63.0 Å². The van der Waals surface area contributed by atoms with Gasteiger partial charge in [0.1, 0.15) is 5.76 Å². The molecule has 13 nitrogen and oxygen atoms in total. The molecule has 1 heterocycles. The van der Waals surface area contributed by atoms with Crippen molar-refractivity contribution in [1.29, 1.82) is 0 Å². The zero-order chi connectivity index (χ0) is 33.8. The van der Waals surface area contributed by atoms with Crippen molar-refractivity contribution >= 4 is 29.8 Å². The minimum absolute atomic E-state index is 0.0591. The molecule has 1 spiro atoms. The highest BCUT2D eigenvalue weighted by Crippen LogP contribution is 2.68. The zero-order valence-corrected chi connectivity index (χ0v) is 25.8. The van der Waals surface area contributed by atoms with Crippen LogP contribution in [0.1, 0.15) is 62.8 Å².